The van der Waals surface area contributed by atoms with Crippen molar-refractivity contribution in [3.05, 3.63) is 22.7 Å². The van der Waals surface area contributed by atoms with Crippen LogP contribution in [0.2, 0.25) is 5.02 Å². The molecule has 6 heteroatoms. The van der Waals surface area contributed by atoms with Crippen LogP contribution in [0.4, 0.5) is 5.69 Å². The molecule has 4 fully saturated rings. The number of anilines is 1. The fraction of sp³-hybridized carbons (Fsp3) is 0.652. The maximum Gasteiger partial charge on any atom is 0.226 e. The highest BCUT2D eigenvalue weighted by Crippen LogP contribution is 2.61. The molecule has 29 heavy (non-hydrogen) atoms. The van der Waals surface area contributed by atoms with Gasteiger partial charge in [0.05, 0.1) is 10.7 Å². The third-order valence-corrected chi connectivity index (χ3v) is 7.62. The summed E-state index contributed by atoms with van der Waals surface area (Å²) in [7, 11) is 0. The van der Waals surface area contributed by atoms with Crippen molar-refractivity contribution in [2.45, 2.75) is 71.1 Å². The normalized spacial score (nSPS) is 30.3. The van der Waals surface area contributed by atoms with Crippen molar-refractivity contribution < 1.29 is 9.90 Å². The smallest absolute Gasteiger partial charge is 0.226 e. The Kier molecular flexibility index (Phi) is 5.35. The topological polar surface area (TPSA) is 61.4 Å². The molecule has 0 aliphatic heterocycles. The highest BCUT2D eigenvalue weighted by Gasteiger charge is 2.51. The molecule has 0 spiro atoms. The van der Waals surface area contributed by atoms with E-state index >= 15 is 0 Å². The summed E-state index contributed by atoms with van der Waals surface area (Å²) in [6, 6.07) is 3.59. The molecule has 158 valence electrons. The molecule has 4 aliphatic carbocycles. The van der Waals surface area contributed by atoms with Crippen LogP contribution in [0.3, 0.4) is 0 Å². The molecule has 0 radical (unpaired) electrons. The first-order chi connectivity index (χ1) is 13.5. The molecule has 5 rings (SSSR count). The molecule has 3 N–H and O–H groups in total. The Labute approximate surface area is 183 Å². The van der Waals surface area contributed by atoms with Crippen LogP contribution >= 0.6 is 23.8 Å². The number of nitrogens with one attached hydrogen (secondary N) is 2. The van der Waals surface area contributed by atoms with Gasteiger partial charge in [0.15, 0.2) is 10.9 Å². The van der Waals surface area contributed by atoms with E-state index in [1.54, 1.807) is 6.07 Å². The molecule has 0 atom stereocenters. The fourth-order valence-corrected chi connectivity index (χ4v) is 6.74. The lowest BCUT2D eigenvalue weighted by Crippen LogP contribution is -2.48. The number of thiocarbonyl (C=S) groups is 1. The van der Waals surface area contributed by atoms with Gasteiger partial charge in [0.2, 0.25) is 5.91 Å². The van der Waals surface area contributed by atoms with E-state index in [-0.39, 0.29) is 32.6 Å². The van der Waals surface area contributed by atoms with Crippen LogP contribution in [0.15, 0.2) is 12.1 Å². The highest BCUT2D eigenvalue weighted by atomic mass is 35.5. The molecule has 0 unspecified atom stereocenters. The minimum absolute atomic E-state index is 0.0259. The molecule has 0 heterocycles. The Morgan fingerprint density at radius 3 is 2.24 bits per heavy atom. The van der Waals surface area contributed by atoms with Crippen LogP contribution in [-0.2, 0) is 10.2 Å². The molecule has 4 nitrogen and oxygen atoms in total. The first-order valence-corrected chi connectivity index (χ1v) is 11.5. The second-order valence-electron chi connectivity index (χ2n) is 10.7. The molecule has 4 aliphatic rings. The maximum atomic E-state index is 12.8. The van der Waals surface area contributed by atoms with Gasteiger partial charge in [0.25, 0.3) is 0 Å². The predicted octanol–water partition coefficient (Wildman–Crippen LogP) is 5.76. The monoisotopic (exact) mass is 434 g/mol. The quantitative estimate of drug-likeness (QED) is 0.418. The van der Waals surface area contributed by atoms with Crippen molar-refractivity contribution in [1.82, 2.24) is 5.32 Å². The number of carbonyl (C=O) groups excluding carboxylic acids is 1. The zero-order valence-electron chi connectivity index (χ0n) is 17.5. The number of hydrogen-bond donors (Lipinski definition) is 3. The first kappa shape index (κ1) is 20.9. The van der Waals surface area contributed by atoms with Gasteiger partial charge in [-0.1, -0.05) is 32.4 Å². The van der Waals surface area contributed by atoms with Crippen molar-refractivity contribution >= 4 is 40.5 Å². The lowest BCUT2D eigenvalue weighted by Gasteiger charge is -2.56. The molecular weight excluding hydrogens is 404 g/mol. The van der Waals surface area contributed by atoms with Crippen LogP contribution in [-0.4, -0.2) is 16.1 Å². The number of carbonyl (C=O) groups is 1. The minimum atomic E-state index is -0.128. The molecule has 1 amide bonds. The number of benzene rings is 1. The second kappa shape index (κ2) is 7.42. The SMILES string of the molecule is CC(C)(C)c1cc(Cl)c(O)c(NC(=S)NC(=O)CC23CC4CC(CC(C4)C2)C3)c1. The summed E-state index contributed by atoms with van der Waals surface area (Å²) in [4.78, 5) is 12.8. The van der Waals surface area contributed by atoms with E-state index in [0.717, 1.165) is 23.3 Å². The van der Waals surface area contributed by atoms with Crippen LogP contribution in [0, 0.1) is 23.2 Å². The van der Waals surface area contributed by atoms with Crippen LogP contribution in [0.25, 0.3) is 0 Å². The lowest BCUT2D eigenvalue weighted by atomic mass is 9.49. The van der Waals surface area contributed by atoms with Crippen LogP contribution < -0.4 is 10.6 Å². The van der Waals surface area contributed by atoms with Crippen molar-refractivity contribution in [3.8, 4) is 5.75 Å². The number of halogens is 1. The molecule has 4 bridgehead atoms. The third-order valence-electron chi connectivity index (χ3n) is 7.13. The Hall–Kier alpha value is -1.33. The van der Waals surface area contributed by atoms with Gasteiger partial charge in [-0.3, -0.25) is 4.79 Å². The zero-order valence-corrected chi connectivity index (χ0v) is 19.1. The second-order valence-corrected chi connectivity index (χ2v) is 11.5. The molecule has 4 saturated carbocycles. The van der Waals surface area contributed by atoms with E-state index in [9.17, 15) is 9.90 Å². The van der Waals surface area contributed by atoms with Crippen molar-refractivity contribution in [3.63, 3.8) is 0 Å². The van der Waals surface area contributed by atoms with Gasteiger partial charge in [-0.15, -0.1) is 0 Å². The van der Waals surface area contributed by atoms with Gasteiger partial charge in [-0.2, -0.15) is 0 Å². The number of phenolic OH excluding ortho intramolecular Hbond substituents is 1. The summed E-state index contributed by atoms with van der Waals surface area (Å²) < 4.78 is 0. The van der Waals surface area contributed by atoms with Crippen molar-refractivity contribution in [2.24, 2.45) is 23.2 Å². The zero-order chi connectivity index (χ0) is 21.0. The first-order valence-electron chi connectivity index (χ1n) is 10.7. The molecule has 0 saturated heterocycles. The summed E-state index contributed by atoms with van der Waals surface area (Å²) in [6.45, 7) is 6.22. The van der Waals surface area contributed by atoms with E-state index in [4.69, 9.17) is 23.8 Å². The summed E-state index contributed by atoms with van der Waals surface area (Å²) >= 11 is 11.6. The van der Waals surface area contributed by atoms with E-state index in [2.05, 4.69) is 31.4 Å². The number of hydrogen-bond acceptors (Lipinski definition) is 3. The molecule has 1 aromatic carbocycles. The van der Waals surface area contributed by atoms with Gasteiger partial charge < -0.3 is 15.7 Å². The van der Waals surface area contributed by atoms with Gasteiger partial charge in [-0.25, -0.2) is 0 Å². The van der Waals surface area contributed by atoms with Crippen LogP contribution in [0.5, 0.6) is 5.75 Å². The third kappa shape index (κ3) is 4.41. The van der Waals surface area contributed by atoms with Crippen molar-refractivity contribution in [1.29, 1.82) is 0 Å². The highest BCUT2D eigenvalue weighted by molar-refractivity contribution is 7.80. The average molecular weight is 435 g/mol. The Morgan fingerprint density at radius 1 is 1.17 bits per heavy atom. The summed E-state index contributed by atoms with van der Waals surface area (Å²) in [5.74, 6) is 2.37. The Morgan fingerprint density at radius 2 is 1.72 bits per heavy atom. The number of amides is 1. The summed E-state index contributed by atoms with van der Waals surface area (Å²) in [5, 5.41) is 16.6. The van der Waals surface area contributed by atoms with E-state index < -0.39 is 0 Å². The largest absolute Gasteiger partial charge is 0.504 e. The van der Waals surface area contributed by atoms with Gasteiger partial charge in [0, 0.05) is 6.42 Å². The van der Waals surface area contributed by atoms with Gasteiger partial charge >= 0.3 is 0 Å². The van der Waals surface area contributed by atoms with E-state index in [0.29, 0.717) is 12.1 Å². The Balaban J connectivity index is 1.40. The average Bonchev–Trinajstić information content (AvgIpc) is 2.55. The molecule has 0 aromatic heterocycles. The minimum Gasteiger partial charge on any atom is -0.504 e. The maximum absolute atomic E-state index is 12.8. The van der Waals surface area contributed by atoms with Gasteiger partial charge in [-0.05, 0) is 97.0 Å². The predicted molar refractivity (Wildman–Crippen MR) is 121 cm³/mol. The molecular formula is C23H31ClN2O2S. The van der Waals surface area contributed by atoms with E-state index in [1.807, 2.05) is 6.07 Å². The van der Waals surface area contributed by atoms with Crippen LogP contribution in [0.1, 0.15) is 71.3 Å². The summed E-state index contributed by atoms with van der Waals surface area (Å²) in [5.41, 5.74) is 1.44. The Bertz CT molecular complexity index is 811. The lowest BCUT2D eigenvalue weighted by molar-refractivity contribution is -0.127. The number of aromatic hydroxyl groups is 1. The fourth-order valence-electron chi connectivity index (χ4n) is 6.30. The standard InChI is InChI=1S/C23H31ClN2O2S/c1-22(2,3)16-7-17(24)20(28)18(8-16)25-21(29)26-19(27)12-23-9-13-4-14(10-23)6-15(5-13)11-23/h7-8,13-15,28H,4-6,9-12H2,1-3H3,(H2,25,26,27,29). The summed E-state index contributed by atoms with van der Waals surface area (Å²) in [6.07, 6.45) is 8.22. The number of phenols is 1. The van der Waals surface area contributed by atoms with Crippen molar-refractivity contribution in [2.75, 3.05) is 5.32 Å². The van der Waals surface area contributed by atoms with Gasteiger partial charge in [0.1, 0.15) is 0 Å². The van der Waals surface area contributed by atoms with E-state index in [1.165, 1.54) is 38.5 Å². The molecule has 1 aromatic rings. The number of rotatable bonds is 3.